The highest BCUT2D eigenvalue weighted by Gasteiger charge is 2.16. The molecule has 0 aliphatic heterocycles. The molecule has 0 spiro atoms. The van der Waals surface area contributed by atoms with Crippen LogP contribution in [0.15, 0.2) is 40.1 Å². The summed E-state index contributed by atoms with van der Waals surface area (Å²) in [6.07, 6.45) is 0. The molecule has 0 unspecified atom stereocenters. The van der Waals surface area contributed by atoms with Crippen molar-refractivity contribution in [2.75, 3.05) is 23.0 Å². The minimum Gasteiger partial charge on any atom is -0.462 e. The molecule has 0 aliphatic rings. The van der Waals surface area contributed by atoms with Crippen LogP contribution in [0, 0.1) is 5.82 Å². The summed E-state index contributed by atoms with van der Waals surface area (Å²) in [4.78, 5) is 24.0. The van der Waals surface area contributed by atoms with Gasteiger partial charge in [-0.15, -0.1) is 21.5 Å². The fraction of sp³-hybridized carbons (Fsp3) is 0.176. The molecule has 3 rings (SSSR count). The number of rotatable bonds is 8. The summed E-state index contributed by atoms with van der Waals surface area (Å²) in [5.74, 6) is -0.984. The normalized spacial score (nSPS) is 10.5. The molecule has 2 heterocycles. The molecule has 28 heavy (non-hydrogen) atoms. The SMILES string of the molecule is CCOC(=O)c1ccsc1NC(=O)CSc1nnc(Nc2cccc(F)c2)s1. The number of nitrogens with one attached hydrogen (secondary N) is 2. The van der Waals surface area contributed by atoms with Gasteiger partial charge in [-0.1, -0.05) is 29.2 Å². The number of thiophene rings is 1. The second kappa shape index (κ2) is 9.62. The van der Waals surface area contributed by atoms with Crippen molar-refractivity contribution in [1.29, 1.82) is 0 Å². The number of halogens is 1. The maximum atomic E-state index is 13.2. The fourth-order valence-corrected chi connectivity index (χ4v) is 4.44. The van der Waals surface area contributed by atoms with Crippen molar-refractivity contribution in [3.63, 3.8) is 0 Å². The van der Waals surface area contributed by atoms with E-state index in [2.05, 4.69) is 20.8 Å². The second-order valence-electron chi connectivity index (χ2n) is 5.23. The molecule has 0 aliphatic carbocycles. The van der Waals surface area contributed by atoms with E-state index >= 15 is 0 Å². The first-order valence-electron chi connectivity index (χ1n) is 8.08. The number of anilines is 3. The molecule has 0 saturated heterocycles. The summed E-state index contributed by atoms with van der Waals surface area (Å²) in [5, 5.41) is 16.3. The summed E-state index contributed by atoms with van der Waals surface area (Å²) in [6.45, 7) is 1.99. The largest absolute Gasteiger partial charge is 0.462 e. The van der Waals surface area contributed by atoms with Gasteiger partial charge in [0.25, 0.3) is 0 Å². The number of thioether (sulfide) groups is 1. The molecule has 11 heteroatoms. The smallest absolute Gasteiger partial charge is 0.341 e. The number of hydrogen-bond acceptors (Lipinski definition) is 9. The average molecular weight is 439 g/mol. The van der Waals surface area contributed by atoms with Crippen LogP contribution in [0.4, 0.5) is 20.2 Å². The Hall–Kier alpha value is -2.50. The Morgan fingerprint density at radius 1 is 1.29 bits per heavy atom. The van der Waals surface area contributed by atoms with Crippen LogP contribution >= 0.6 is 34.4 Å². The average Bonchev–Trinajstić information content (AvgIpc) is 3.30. The Labute approximate surface area is 172 Å². The quantitative estimate of drug-likeness (QED) is 0.398. The van der Waals surface area contributed by atoms with Gasteiger partial charge in [-0.25, -0.2) is 9.18 Å². The zero-order chi connectivity index (χ0) is 19.9. The molecule has 0 fully saturated rings. The van der Waals surface area contributed by atoms with Crippen molar-refractivity contribution in [2.45, 2.75) is 11.3 Å². The Balaban J connectivity index is 1.52. The van der Waals surface area contributed by atoms with Crippen LogP contribution in [0.5, 0.6) is 0 Å². The highest BCUT2D eigenvalue weighted by molar-refractivity contribution is 8.01. The number of ether oxygens (including phenoxy) is 1. The van der Waals surface area contributed by atoms with Gasteiger partial charge < -0.3 is 15.4 Å². The topological polar surface area (TPSA) is 93.2 Å². The molecule has 2 N–H and O–H groups in total. The third kappa shape index (κ3) is 5.50. The van der Waals surface area contributed by atoms with Gasteiger partial charge in [0.15, 0.2) is 4.34 Å². The number of esters is 1. The van der Waals surface area contributed by atoms with Crippen molar-refractivity contribution >= 4 is 62.1 Å². The summed E-state index contributed by atoms with van der Waals surface area (Å²) in [7, 11) is 0. The van der Waals surface area contributed by atoms with Gasteiger partial charge in [0.1, 0.15) is 10.8 Å². The van der Waals surface area contributed by atoms with Crippen LogP contribution in [0.3, 0.4) is 0 Å². The Bertz CT molecular complexity index is 976. The monoisotopic (exact) mass is 438 g/mol. The maximum absolute atomic E-state index is 13.2. The minimum atomic E-state index is -0.469. The van der Waals surface area contributed by atoms with Gasteiger partial charge in [-0.05, 0) is 36.6 Å². The van der Waals surface area contributed by atoms with E-state index in [-0.39, 0.29) is 24.1 Å². The van der Waals surface area contributed by atoms with Crippen LogP contribution in [0.2, 0.25) is 0 Å². The lowest BCUT2D eigenvalue weighted by Gasteiger charge is -2.05. The first-order valence-corrected chi connectivity index (χ1v) is 10.8. The molecular weight excluding hydrogens is 423 g/mol. The molecule has 146 valence electrons. The number of nitrogens with zero attached hydrogens (tertiary/aromatic N) is 2. The molecule has 7 nitrogen and oxygen atoms in total. The fourth-order valence-electron chi connectivity index (χ4n) is 2.07. The number of amides is 1. The van der Waals surface area contributed by atoms with Crippen molar-refractivity contribution in [3.05, 3.63) is 47.1 Å². The van der Waals surface area contributed by atoms with Gasteiger partial charge >= 0.3 is 5.97 Å². The van der Waals surface area contributed by atoms with Crippen molar-refractivity contribution in [1.82, 2.24) is 10.2 Å². The molecule has 1 aromatic carbocycles. The molecule has 3 aromatic rings. The van der Waals surface area contributed by atoms with Crippen LogP contribution in [-0.4, -0.2) is 34.4 Å². The van der Waals surface area contributed by atoms with E-state index in [0.29, 0.717) is 25.7 Å². The number of benzene rings is 1. The second-order valence-corrected chi connectivity index (χ2v) is 8.35. The molecule has 2 aromatic heterocycles. The highest BCUT2D eigenvalue weighted by Crippen LogP contribution is 2.29. The van der Waals surface area contributed by atoms with E-state index in [1.165, 1.54) is 46.6 Å². The van der Waals surface area contributed by atoms with E-state index in [4.69, 9.17) is 4.74 Å². The zero-order valence-corrected chi connectivity index (χ0v) is 17.0. The summed E-state index contributed by atoms with van der Waals surface area (Å²) >= 11 is 3.72. The van der Waals surface area contributed by atoms with Crippen LogP contribution in [0.25, 0.3) is 0 Å². The van der Waals surface area contributed by atoms with Crippen molar-refractivity contribution in [3.8, 4) is 0 Å². The van der Waals surface area contributed by atoms with E-state index in [9.17, 15) is 14.0 Å². The maximum Gasteiger partial charge on any atom is 0.341 e. The summed E-state index contributed by atoms with van der Waals surface area (Å²) in [6, 6.07) is 7.62. The van der Waals surface area contributed by atoms with Crippen LogP contribution in [0.1, 0.15) is 17.3 Å². The number of carbonyl (C=O) groups excluding carboxylic acids is 2. The predicted octanol–water partition coefficient (Wildman–Crippen LogP) is 4.39. The summed E-state index contributed by atoms with van der Waals surface area (Å²) < 4.78 is 18.8. The van der Waals surface area contributed by atoms with Crippen LogP contribution in [-0.2, 0) is 9.53 Å². The van der Waals surface area contributed by atoms with Crippen molar-refractivity contribution < 1.29 is 18.7 Å². The van der Waals surface area contributed by atoms with Gasteiger partial charge in [-0.2, -0.15) is 0 Å². The van der Waals surface area contributed by atoms with Gasteiger partial charge in [0, 0.05) is 5.69 Å². The van der Waals surface area contributed by atoms with Crippen LogP contribution < -0.4 is 10.6 Å². The standard InChI is InChI=1S/C17H15FN4O3S3/c1-2-25-15(24)12-6-7-26-14(12)20-13(23)9-27-17-22-21-16(28-17)19-11-5-3-4-10(18)8-11/h3-8H,2,9H2,1H3,(H,19,21)(H,20,23). The zero-order valence-electron chi connectivity index (χ0n) is 14.6. The molecule has 0 saturated carbocycles. The molecule has 0 radical (unpaired) electrons. The third-order valence-corrected chi connectivity index (χ3v) is 6.02. The first-order chi connectivity index (χ1) is 13.5. The van der Waals surface area contributed by atoms with E-state index < -0.39 is 5.97 Å². The van der Waals surface area contributed by atoms with E-state index in [1.54, 1.807) is 30.5 Å². The number of hydrogen-bond donors (Lipinski definition) is 2. The molecule has 0 bridgehead atoms. The number of carbonyl (C=O) groups is 2. The van der Waals surface area contributed by atoms with Gasteiger partial charge in [0.05, 0.1) is 17.9 Å². The minimum absolute atomic E-state index is 0.106. The van der Waals surface area contributed by atoms with E-state index in [0.717, 1.165) is 0 Å². The Morgan fingerprint density at radius 3 is 2.93 bits per heavy atom. The lowest BCUT2D eigenvalue weighted by molar-refractivity contribution is -0.113. The Morgan fingerprint density at radius 2 is 2.14 bits per heavy atom. The molecular formula is C17H15FN4O3S3. The highest BCUT2D eigenvalue weighted by atomic mass is 32.2. The number of aromatic nitrogens is 2. The molecule has 0 atom stereocenters. The van der Waals surface area contributed by atoms with Gasteiger partial charge in [0.2, 0.25) is 11.0 Å². The Kier molecular flexibility index (Phi) is 6.95. The van der Waals surface area contributed by atoms with Crippen molar-refractivity contribution in [2.24, 2.45) is 0 Å². The lowest BCUT2D eigenvalue weighted by Crippen LogP contribution is -2.15. The molecule has 1 amide bonds. The predicted molar refractivity (Wildman–Crippen MR) is 109 cm³/mol. The summed E-state index contributed by atoms with van der Waals surface area (Å²) in [5.41, 5.74) is 0.900. The first kappa shape index (κ1) is 20.2. The van der Waals surface area contributed by atoms with Gasteiger partial charge in [-0.3, -0.25) is 4.79 Å². The third-order valence-electron chi connectivity index (χ3n) is 3.22. The lowest BCUT2D eigenvalue weighted by atomic mass is 10.3. The van der Waals surface area contributed by atoms with E-state index in [1.807, 2.05) is 0 Å².